The van der Waals surface area contributed by atoms with Crippen LogP contribution < -0.4 is 10.6 Å². The van der Waals surface area contributed by atoms with Gasteiger partial charge in [-0.05, 0) is 50.2 Å². The molecule has 10 nitrogen and oxygen atoms in total. The van der Waals surface area contributed by atoms with E-state index in [4.69, 9.17) is 13.9 Å². The van der Waals surface area contributed by atoms with Crippen LogP contribution in [0.1, 0.15) is 39.7 Å². The Kier molecular flexibility index (Phi) is 7.10. The fourth-order valence-electron chi connectivity index (χ4n) is 4.20. The minimum Gasteiger partial charge on any atom is -0.467 e. The molecule has 2 amide bonds. The fraction of sp³-hybridized carbons (Fsp3) is 0.231. The minimum atomic E-state index is -4.53. The number of hydrogen-bond acceptors (Lipinski definition) is 8. The maximum Gasteiger partial charge on any atom is 0.416 e. The van der Waals surface area contributed by atoms with Gasteiger partial charge in [0.25, 0.3) is 0 Å². The molecule has 4 heterocycles. The first kappa shape index (κ1) is 27.0. The summed E-state index contributed by atoms with van der Waals surface area (Å²) in [5.41, 5.74) is -0.117. The van der Waals surface area contributed by atoms with Crippen molar-refractivity contribution in [2.24, 2.45) is 0 Å². The number of fused-ring (bicyclic) bond motifs is 1. The molecule has 1 aliphatic rings. The third-order valence-electron chi connectivity index (χ3n) is 5.99. The zero-order valence-corrected chi connectivity index (χ0v) is 21.8. The van der Waals surface area contributed by atoms with Crippen LogP contribution in [-0.4, -0.2) is 41.0 Å². The number of esters is 2. The van der Waals surface area contributed by atoms with E-state index in [1.165, 1.54) is 29.1 Å². The number of rotatable bonds is 7. The summed E-state index contributed by atoms with van der Waals surface area (Å²) in [6, 6.07) is 7.79. The van der Waals surface area contributed by atoms with E-state index in [0.29, 0.717) is 15.9 Å². The van der Waals surface area contributed by atoms with Gasteiger partial charge >= 0.3 is 24.1 Å². The van der Waals surface area contributed by atoms with E-state index < -0.39 is 42.4 Å². The number of nitrogens with zero attached hydrogens (tertiary/aromatic N) is 2. The molecule has 0 fully saturated rings. The second-order valence-electron chi connectivity index (χ2n) is 8.61. The van der Waals surface area contributed by atoms with E-state index in [1.807, 2.05) is 0 Å². The molecule has 0 radical (unpaired) electrons. The zero-order chi connectivity index (χ0) is 28.6. The first-order valence-electron chi connectivity index (χ1n) is 11.9. The molecule has 1 aliphatic heterocycles. The van der Waals surface area contributed by atoms with Crippen molar-refractivity contribution in [3.63, 3.8) is 0 Å². The van der Waals surface area contributed by atoms with E-state index in [-0.39, 0.29) is 34.2 Å². The summed E-state index contributed by atoms with van der Waals surface area (Å²) in [5, 5.41) is 9.98. The Bertz CT molecular complexity index is 1640. The number of aromatic nitrogens is 2. The van der Waals surface area contributed by atoms with Crippen molar-refractivity contribution in [2.75, 3.05) is 13.2 Å². The lowest BCUT2D eigenvalue weighted by Crippen LogP contribution is -2.47. The Balaban J connectivity index is 1.43. The molecule has 0 bridgehead atoms. The summed E-state index contributed by atoms with van der Waals surface area (Å²) in [5.74, 6) is -1.23. The average molecular weight is 575 g/mol. The van der Waals surface area contributed by atoms with Crippen LogP contribution in [0, 0.1) is 6.92 Å². The molecule has 1 aromatic carbocycles. The van der Waals surface area contributed by atoms with Crippen LogP contribution in [0.3, 0.4) is 0 Å². The van der Waals surface area contributed by atoms with E-state index in [0.717, 1.165) is 23.5 Å². The number of halogens is 3. The van der Waals surface area contributed by atoms with Gasteiger partial charge in [0.15, 0.2) is 0 Å². The summed E-state index contributed by atoms with van der Waals surface area (Å²) in [6.07, 6.45) is -3.14. The lowest BCUT2D eigenvalue weighted by molar-refractivity contribution is -0.139. The van der Waals surface area contributed by atoms with E-state index in [1.54, 1.807) is 26.0 Å². The molecule has 5 rings (SSSR count). The van der Waals surface area contributed by atoms with Crippen molar-refractivity contribution in [1.29, 1.82) is 0 Å². The molecule has 0 saturated heterocycles. The molecule has 0 unspecified atom stereocenters. The number of aryl methyl sites for hydroxylation is 1. The summed E-state index contributed by atoms with van der Waals surface area (Å²) in [6.45, 7) is 2.89. The molecule has 208 valence electrons. The Labute approximate surface area is 228 Å². The van der Waals surface area contributed by atoms with Crippen LogP contribution in [-0.2, 0) is 20.4 Å². The lowest BCUT2D eigenvalue weighted by atomic mass is 10.0. The SMILES string of the molecule is CCOC(=O)C1=C(COC(=O)c2cc3c(C)nn(-c4cccc(C(F)(F)F)c4)c3s2)NC(=O)N[C@@H]1c1ccco1. The van der Waals surface area contributed by atoms with Gasteiger partial charge in [0, 0.05) is 5.39 Å². The third-order valence-corrected chi connectivity index (χ3v) is 7.08. The minimum absolute atomic E-state index is 0.0107. The predicted molar refractivity (Wildman–Crippen MR) is 136 cm³/mol. The number of carbonyl (C=O) groups is 3. The molecule has 3 aromatic heterocycles. The van der Waals surface area contributed by atoms with Crippen molar-refractivity contribution >= 4 is 39.5 Å². The number of furan rings is 1. The Morgan fingerprint density at radius 2 is 1.95 bits per heavy atom. The van der Waals surface area contributed by atoms with Crippen molar-refractivity contribution in [2.45, 2.75) is 26.1 Å². The Hall–Kier alpha value is -4.59. The van der Waals surface area contributed by atoms with Crippen LogP contribution in [0.2, 0.25) is 0 Å². The highest BCUT2D eigenvalue weighted by molar-refractivity contribution is 7.20. The van der Waals surface area contributed by atoms with Gasteiger partial charge in [-0.1, -0.05) is 6.07 Å². The van der Waals surface area contributed by atoms with Crippen LogP contribution in [0.5, 0.6) is 0 Å². The summed E-state index contributed by atoms with van der Waals surface area (Å²) < 4.78 is 57.0. The predicted octanol–water partition coefficient (Wildman–Crippen LogP) is 5.04. The first-order valence-corrected chi connectivity index (χ1v) is 12.7. The van der Waals surface area contributed by atoms with Crippen LogP contribution in [0.25, 0.3) is 15.9 Å². The maximum absolute atomic E-state index is 13.2. The van der Waals surface area contributed by atoms with Crippen molar-refractivity contribution < 1.29 is 41.4 Å². The number of urea groups is 1. The van der Waals surface area contributed by atoms with Gasteiger partial charge in [-0.25, -0.2) is 19.1 Å². The van der Waals surface area contributed by atoms with Gasteiger partial charge in [-0.15, -0.1) is 11.3 Å². The molecule has 40 heavy (non-hydrogen) atoms. The number of thiophene rings is 1. The van der Waals surface area contributed by atoms with Gasteiger partial charge in [-0.2, -0.15) is 18.3 Å². The number of benzene rings is 1. The van der Waals surface area contributed by atoms with Crippen molar-refractivity contribution in [1.82, 2.24) is 20.4 Å². The average Bonchev–Trinajstić information content (AvgIpc) is 3.65. The van der Waals surface area contributed by atoms with Gasteiger partial charge in [-0.3, -0.25) is 0 Å². The molecule has 2 N–H and O–H groups in total. The smallest absolute Gasteiger partial charge is 0.416 e. The Morgan fingerprint density at radius 3 is 2.65 bits per heavy atom. The molecule has 14 heteroatoms. The van der Waals surface area contributed by atoms with Gasteiger partial charge in [0.2, 0.25) is 0 Å². The standard InChI is InChI=1S/C26H21F3N4O6S/c1-3-37-24(35)20-17(30-25(36)31-21(20)18-8-5-9-38-18)12-39-23(34)19-11-16-13(2)32-33(22(16)40-19)15-7-4-6-14(10-15)26(27,28)29/h4-11,21H,3,12H2,1-2H3,(H2,30,31,36)/t21-/m1/s1. The third kappa shape index (κ3) is 5.17. The van der Waals surface area contributed by atoms with E-state index >= 15 is 0 Å². The van der Waals surface area contributed by atoms with Gasteiger partial charge in [0.1, 0.15) is 28.1 Å². The fourth-order valence-corrected chi connectivity index (χ4v) is 5.27. The summed E-state index contributed by atoms with van der Waals surface area (Å²) in [7, 11) is 0. The Morgan fingerprint density at radius 1 is 1.15 bits per heavy atom. The van der Waals surface area contributed by atoms with Gasteiger partial charge in [0.05, 0.1) is 41.1 Å². The molecule has 0 saturated carbocycles. The number of amides is 2. The lowest BCUT2D eigenvalue weighted by Gasteiger charge is -2.27. The number of ether oxygens (including phenoxy) is 2. The second-order valence-corrected chi connectivity index (χ2v) is 9.64. The van der Waals surface area contributed by atoms with Crippen LogP contribution in [0.15, 0.2) is 64.4 Å². The number of hydrogen-bond donors (Lipinski definition) is 2. The molecular weight excluding hydrogens is 553 g/mol. The normalized spacial score (nSPS) is 15.6. The van der Waals surface area contributed by atoms with Crippen LogP contribution >= 0.6 is 11.3 Å². The number of nitrogens with one attached hydrogen (secondary N) is 2. The first-order chi connectivity index (χ1) is 19.1. The molecule has 0 spiro atoms. The van der Waals surface area contributed by atoms with E-state index in [2.05, 4.69) is 15.7 Å². The highest BCUT2D eigenvalue weighted by Gasteiger charge is 2.36. The zero-order valence-electron chi connectivity index (χ0n) is 21.0. The molecule has 4 aromatic rings. The maximum atomic E-state index is 13.2. The highest BCUT2D eigenvalue weighted by Crippen LogP contribution is 2.34. The number of carbonyl (C=O) groups excluding carboxylic acids is 3. The number of alkyl halides is 3. The van der Waals surface area contributed by atoms with Gasteiger partial charge < -0.3 is 24.5 Å². The molecule has 1 atom stereocenters. The van der Waals surface area contributed by atoms with Crippen LogP contribution in [0.4, 0.5) is 18.0 Å². The largest absolute Gasteiger partial charge is 0.467 e. The van der Waals surface area contributed by atoms with Crippen molar-refractivity contribution in [3.05, 3.63) is 81.9 Å². The molecular formula is C26H21F3N4O6S. The quantitative estimate of drug-likeness (QED) is 0.297. The monoisotopic (exact) mass is 574 g/mol. The molecule has 0 aliphatic carbocycles. The van der Waals surface area contributed by atoms with E-state index in [9.17, 15) is 27.6 Å². The second kappa shape index (κ2) is 10.5. The summed E-state index contributed by atoms with van der Waals surface area (Å²) in [4.78, 5) is 38.7. The van der Waals surface area contributed by atoms with Crippen molar-refractivity contribution in [3.8, 4) is 5.69 Å². The highest BCUT2D eigenvalue weighted by atomic mass is 32.1. The topological polar surface area (TPSA) is 125 Å². The summed E-state index contributed by atoms with van der Waals surface area (Å²) >= 11 is 0.984.